The monoisotopic (exact) mass is 551 g/mol. The Hall–Kier alpha value is -3.31. The number of alkyl halides is 3. The summed E-state index contributed by atoms with van der Waals surface area (Å²) in [6.07, 6.45) is -2.33. The number of rotatable bonds is 8. The molecule has 0 spiro atoms. The summed E-state index contributed by atoms with van der Waals surface area (Å²) in [4.78, 5) is 0. The van der Waals surface area contributed by atoms with Crippen LogP contribution < -0.4 is 19.1 Å². The van der Waals surface area contributed by atoms with Crippen molar-refractivity contribution in [3.05, 3.63) is 108 Å². The second-order valence-electron chi connectivity index (χ2n) is 8.19. The third kappa shape index (κ3) is 5.99. The van der Waals surface area contributed by atoms with Crippen LogP contribution in [0.25, 0.3) is 0 Å². The molecule has 3 aromatic carbocycles. The lowest BCUT2D eigenvalue weighted by atomic mass is 10.1. The van der Waals surface area contributed by atoms with E-state index in [1.54, 1.807) is 36.4 Å². The Balaban J connectivity index is 1.90. The minimum Gasteiger partial charge on any atom is -0.457 e. The first-order valence-corrected chi connectivity index (χ1v) is 13.0. The highest BCUT2D eigenvalue weighted by Gasteiger charge is 2.56. The predicted molar refractivity (Wildman–Crippen MR) is 137 cm³/mol. The minimum absolute atomic E-state index is 0.0213. The number of quaternary nitrogens is 1. The molecular weight excluding hydrogens is 529 g/mol. The zero-order chi connectivity index (χ0) is 26.7. The first kappa shape index (κ1) is 26.7. The molecule has 0 aromatic heterocycles. The van der Waals surface area contributed by atoms with E-state index in [9.17, 15) is 21.6 Å². The fourth-order valence-corrected chi connectivity index (χ4v) is 5.82. The van der Waals surface area contributed by atoms with Crippen molar-refractivity contribution in [1.29, 1.82) is 0 Å². The van der Waals surface area contributed by atoms with Crippen LogP contribution >= 0.6 is 11.6 Å². The SMILES string of the molecule is NCC1=C[N+](c2cccc(Oc3ccccc3)c2)(S(=O)(=O)CC(F)(F)F)C(Oc2ccc(Cl)cc2)C=C1. The Morgan fingerprint density at radius 3 is 2.24 bits per heavy atom. The highest BCUT2D eigenvalue weighted by Crippen LogP contribution is 2.41. The molecule has 11 heteroatoms. The van der Waals surface area contributed by atoms with Gasteiger partial charge in [-0.3, -0.25) is 0 Å². The van der Waals surface area contributed by atoms with Gasteiger partial charge in [-0.2, -0.15) is 21.6 Å². The van der Waals surface area contributed by atoms with E-state index < -0.39 is 32.1 Å². The van der Waals surface area contributed by atoms with Crippen LogP contribution in [-0.2, 0) is 10.0 Å². The molecule has 4 rings (SSSR count). The van der Waals surface area contributed by atoms with E-state index in [4.69, 9.17) is 26.8 Å². The van der Waals surface area contributed by atoms with Gasteiger partial charge in [0.25, 0.3) is 6.23 Å². The average molecular weight is 552 g/mol. The molecule has 1 heterocycles. The number of hydrogen-bond donors (Lipinski definition) is 1. The van der Waals surface area contributed by atoms with Gasteiger partial charge in [-0.05, 0) is 48.5 Å². The molecule has 0 fully saturated rings. The number of para-hydroxylation sites is 1. The molecule has 37 heavy (non-hydrogen) atoms. The second kappa shape index (κ2) is 10.6. The number of sulfonamides is 1. The molecule has 0 saturated heterocycles. The summed E-state index contributed by atoms with van der Waals surface area (Å²) in [5.41, 5.74) is 6.09. The first-order chi connectivity index (χ1) is 17.5. The zero-order valence-electron chi connectivity index (χ0n) is 19.3. The zero-order valence-corrected chi connectivity index (χ0v) is 20.9. The van der Waals surface area contributed by atoms with Crippen molar-refractivity contribution in [2.75, 3.05) is 12.3 Å². The van der Waals surface area contributed by atoms with Crippen LogP contribution in [0.1, 0.15) is 0 Å². The van der Waals surface area contributed by atoms with Crippen molar-refractivity contribution in [1.82, 2.24) is 3.89 Å². The maximum atomic E-state index is 13.7. The van der Waals surface area contributed by atoms with Crippen LogP contribution in [0.2, 0.25) is 5.02 Å². The molecule has 0 bridgehead atoms. The molecule has 0 radical (unpaired) electrons. The lowest BCUT2D eigenvalue weighted by molar-refractivity contribution is -0.107. The van der Waals surface area contributed by atoms with Gasteiger partial charge >= 0.3 is 16.2 Å². The average Bonchev–Trinajstić information content (AvgIpc) is 2.85. The van der Waals surface area contributed by atoms with Crippen LogP contribution in [0.3, 0.4) is 0 Å². The Morgan fingerprint density at radius 2 is 1.59 bits per heavy atom. The Kier molecular flexibility index (Phi) is 7.65. The largest absolute Gasteiger partial charge is 0.457 e. The summed E-state index contributed by atoms with van der Waals surface area (Å²) < 4.78 is 78.7. The maximum absolute atomic E-state index is 13.7. The summed E-state index contributed by atoms with van der Waals surface area (Å²) in [5.74, 6) is -1.18. The van der Waals surface area contributed by atoms with E-state index in [1.807, 2.05) is 0 Å². The van der Waals surface area contributed by atoms with Crippen molar-refractivity contribution < 1.29 is 31.1 Å². The highest BCUT2D eigenvalue weighted by molar-refractivity contribution is 7.91. The molecule has 2 atom stereocenters. The summed E-state index contributed by atoms with van der Waals surface area (Å²) >= 11 is 5.94. The van der Waals surface area contributed by atoms with Crippen LogP contribution in [0.15, 0.2) is 103 Å². The topological polar surface area (TPSA) is 78.6 Å². The summed E-state index contributed by atoms with van der Waals surface area (Å²) in [6, 6.07) is 20.6. The predicted octanol–water partition coefficient (Wildman–Crippen LogP) is 6.15. The van der Waals surface area contributed by atoms with Gasteiger partial charge in [-0.25, -0.2) is 0 Å². The van der Waals surface area contributed by atoms with E-state index in [1.165, 1.54) is 60.8 Å². The molecule has 1 aliphatic heterocycles. The van der Waals surface area contributed by atoms with Crippen molar-refractivity contribution >= 4 is 27.3 Å². The quantitative estimate of drug-likeness (QED) is 0.340. The third-order valence-electron chi connectivity index (χ3n) is 5.52. The maximum Gasteiger partial charge on any atom is 0.408 e. The molecule has 0 saturated carbocycles. The molecular formula is C26H23ClF3N2O4S+. The molecule has 2 N–H and O–H groups in total. The van der Waals surface area contributed by atoms with E-state index in [-0.39, 0.29) is 23.7 Å². The van der Waals surface area contributed by atoms with Gasteiger partial charge in [0.05, 0.1) is 0 Å². The van der Waals surface area contributed by atoms with Crippen LogP contribution in [0, 0.1) is 0 Å². The molecule has 1 aliphatic rings. The molecule has 0 amide bonds. The first-order valence-electron chi connectivity index (χ1n) is 11.1. The summed E-state index contributed by atoms with van der Waals surface area (Å²) in [7, 11) is -5.04. The minimum atomic E-state index is -5.04. The Morgan fingerprint density at radius 1 is 0.919 bits per heavy atom. The standard InChI is InChI=1S/C26H23ClF3N2O4S/c27-20-10-12-23(13-11-20)36-25-14-9-19(16-31)17-32(25,37(33,34)18-26(28,29)30)21-5-4-8-24(15-21)35-22-6-2-1-3-7-22/h1-15,17,25H,16,18,31H2/q+1. The number of benzene rings is 3. The van der Waals surface area contributed by atoms with E-state index in [0.29, 0.717) is 16.3 Å². The van der Waals surface area contributed by atoms with Crippen molar-refractivity contribution in [3.8, 4) is 17.2 Å². The lowest BCUT2D eigenvalue weighted by Crippen LogP contribution is -2.61. The Bertz CT molecular complexity index is 1410. The third-order valence-corrected chi connectivity index (χ3v) is 7.91. The number of nitrogens with two attached hydrogens (primary N) is 1. The van der Waals surface area contributed by atoms with Crippen molar-refractivity contribution in [2.24, 2.45) is 5.73 Å². The van der Waals surface area contributed by atoms with Crippen LogP contribution in [-0.4, -0.2) is 33.1 Å². The van der Waals surface area contributed by atoms with Gasteiger partial charge < -0.3 is 15.2 Å². The molecule has 0 aliphatic carbocycles. The molecule has 3 aromatic rings. The number of ether oxygens (including phenoxy) is 2. The molecule has 194 valence electrons. The summed E-state index contributed by atoms with van der Waals surface area (Å²) in [6.45, 7) is -0.105. The van der Waals surface area contributed by atoms with Gasteiger partial charge in [0, 0.05) is 35.3 Å². The van der Waals surface area contributed by atoms with E-state index in [2.05, 4.69) is 0 Å². The number of halogens is 4. The van der Waals surface area contributed by atoms with Gasteiger partial charge in [0.2, 0.25) is 0 Å². The second-order valence-corrected chi connectivity index (χ2v) is 10.7. The fourth-order valence-electron chi connectivity index (χ4n) is 3.91. The van der Waals surface area contributed by atoms with Gasteiger partial charge in [0.1, 0.15) is 23.4 Å². The van der Waals surface area contributed by atoms with Gasteiger partial charge in [-0.15, -0.1) is 3.89 Å². The van der Waals surface area contributed by atoms with Crippen molar-refractivity contribution in [2.45, 2.75) is 12.4 Å². The number of nitrogens with zero attached hydrogens (tertiary/aromatic N) is 1. The smallest absolute Gasteiger partial charge is 0.408 e. The Labute approximate surface area is 217 Å². The van der Waals surface area contributed by atoms with E-state index in [0.717, 1.165) is 0 Å². The lowest BCUT2D eigenvalue weighted by Gasteiger charge is -2.40. The van der Waals surface area contributed by atoms with Gasteiger partial charge in [0.15, 0.2) is 11.4 Å². The number of hydrogen-bond acceptors (Lipinski definition) is 5. The van der Waals surface area contributed by atoms with Crippen molar-refractivity contribution in [3.63, 3.8) is 0 Å². The highest BCUT2D eigenvalue weighted by atomic mass is 35.5. The molecule has 2 unspecified atom stereocenters. The van der Waals surface area contributed by atoms with Crippen LogP contribution in [0.5, 0.6) is 17.2 Å². The van der Waals surface area contributed by atoms with Gasteiger partial charge in [-0.1, -0.05) is 35.9 Å². The molecule has 6 nitrogen and oxygen atoms in total. The van der Waals surface area contributed by atoms with E-state index >= 15 is 0 Å². The normalized spacial score (nSPS) is 19.8. The fraction of sp³-hybridized carbons (Fsp3) is 0.154. The summed E-state index contributed by atoms with van der Waals surface area (Å²) in [5, 5.41) is 0.410. The van der Waals surface area contributed by atoms with Crippen LogP contribution in [0.4, 0.5) is 18.9 Å².